The van der Waals surface area contributed by atoms with Gasteiger partial charge in [0.1, 0.15) is 13.2 Å². The lowest BCUT2D eigenvalue weighted by molar-refractivity contribution is -0.167. The van der Waals surface area contributed by atoms with Crippen LogP contribution < -0.4 is 0 Å². The number of carbonyl (C=O) groups is 3. The molecule has 0 aliphatic carbocycles. The zero-order valence-electron chi connectivity index (χ0n) is 46.6. The Morgan fingerprint density at radius 1 is 0.290 bits per heavy atom. The highest BCUT2D eigenvalue weighted by molar-refractivity contribution is 5.71. The molecule has 0 aliphatic heterocycles. The van der Waals surface area contributed by atoms with E-state index >= 15 is 0 Å². The molecule has 0 aromatic carbocycles. The molecule has 0 N–H and O–H groups in total. The van der Waals surface area contributed by atoms with Gasteiger partial charge in [0, 0.05) is 19.3 Å². The van der Waals surface area contributed by atoms with Crippen LogP contribution in [0, 0.1) is 0 Å². The molecule has 6 nitrogen and oxygen atoms in total. The van der Waals surface area contributed by atoms with Gasteiger partial charge in [-0.05, 0) is 51.4 Å². The van der Waals surface area contributed by atoms with E-state index in [1.807, 2.05) is 0 Å². The number of hydrogen-bond donors (Lipinski definition) is 0. The topological polar surface area (TPSA) is 78.9 Å². The van der Waals surface area contributed by atoms with Gasteiger partial charge in [-0.15, -0.1) is 0 Å². The number of carbonyl (C=O) groups excluding carboxylic acids is 3. The Kier molecular flexibility index (Phi) is 56.7. The molecule has 0 amide bonds. The minimum atomic E-state index is -0.773. The third-order valence-electron chi connectivity index (χ3n) is 14.0. The highest BCUT2D eigenvalue weighted by Gasteiger charge is 2.19. The first kappa shape index (κ1) is 66.9. The average molecular weight is 972 g/mol. The largest absolute Gasteiger partial charge is 0.462 e. The van der Waals surface area contributed by atoms with E-state index in [0.717, 1.165) is 77.0 Å². The van der Waals surface area contributed by atoms with Gasteiger partial charge in [0.05, 0.1) is 0 Å². The summed E-state index contributed by atoms with van der Waals surface area (Å²) in [6.07, 6.45) is 69.1. The van der Waals surface area contributed by atoms with E-state index in [-0.39, 0.29) is 31.1 Å². The van der Waals surface area contributed by atoms with Gasteiger partial charge in [-0.2, -0.15) is 0 Å². The lowest BCUT2D eigenvalue weighted by Gasteiger charge is -2.18. The summed E-state index contributed by atoms with van der Waals surface area (Å²) in [5.74, 6) is -0.866. The number of unbranched alkanes of at least 4 members (excludes halogenated alkanes) is 42. The van der Waals surface area contributed by atoms with Crippen molar-refractivity contribution >= 4 is 17.9 Å². The fourth-order valence-electron chi connectivity index (χ4n) is 9.30. The second-order valence-corrected chi connectivity index (χ2v) is 21.0. The summed E-state index contributed by atoms with van der Waals surface area (Å²) < 4.78 is 16.9. The Balaban J connectivity index is 4.14. The molecule has 0 spiro atoms. The molecule has 0 fully saturated rings. The normalized spacial score (nSPS) is 12.1. The summed E-state index contributed by atoms with van der Waals surface area (Å²) in [7, 11) is 0. The molecular weight excluding hydrogens is 853 g/mol. The maximum Gasteiger partial charge on any atom is 0.306 e. The Hall–Kier alpha value is -2.11. The zero-order valence-corrected chi connectivity index (χ0v) is 46.6. The van der Waals surface area contributed by atoms with Crippen molar-refractivity contribution in [3.8, 4) is 0 Å². The SMILES string of the molecule is CCCCC/C=C\C/C=C\CCCCCCCC(=O)OC(COC(=O)CCCCCCCCCCCC)COC(=O)CCCCCCCCCCCCCCCCCCCCCCCCCCCC. The summed E-state index contributed by atoms with van der Waals surface area (Å²) in [6, 6.07) is 0. The molecular formula is C63H118O6. The van der Waals surface area contributed by atoms with Gasteiger partial charge in [0.15, 0.2) is 6.10 Å². The van der Waals surface area contributed by atoms with Crippen molar-refractivity contribution in [2.45, 2.75) is 348 Å². The van der Waals surface area contributed by atoms with Gasteiger partial charge in [-0.3, -0.25) is 14.4 Å². The number of rotatable bonds is 57. The number of esters is 3. The summed E-state index contributed by atoms with van der Waals surface area (Å²) in [6.45, 7) is 6.64. The predicted molar refractivity (Wildman–Crippen MR) is 298 cm³/mol. The van der Waals surface area contributed by atoms with Crippen LogP contribution >= 0.6 is 0 Å². The minimum Gasteiger partial charge on any atom is -0.462 e. The molecule has 0 heterocycles. The number of allylic oxidation sites excluding steroid dienone is 4. The van der Waals surface area contributed by atoms with Crippen molar-refractivity contribution in [1.29, 1.82) is 0 Å². The molecule has 0 radical (unpaired) electrons. The van der Waals surface area contributed by atoms with Gasteiger partial charge in [-0.25, -0.2) is 0 Å². The van der Waals surface area contributed by atoms with E-state index in [2.05, 4.69) is 45.1 Å². The standard InChI is InChI=1S/C63H118O6/c1-4-7-10-13-16-19-22-24-26-27-28-29-30-31-32-33-34-35-36-38-39-41-44-47-50-53-56-62(65)68-59-60(58-67-61(64)55-52-49-46-43-21-18-15-12-9-6-3)69-63(66)57-54-51-48-45-42-40-37-25-23-20-17-14-11-8-5-2/h17,20,25,37,60H,4-16,18-19,21-24,26-36,38-59H2,1-3H3/b20-17-,37-25-. The summed E-state index contributed by atoms with van der Waals surface area (Å²) in [5.41, 5.74) is 0. The Labute approximate surface area is 430 Å². The van der Waals surface area contributed by atoms with Crippen LogP contribution in [0.3, 0.4) is 0 Å². The van der Waals surface area contributed by atoms with E-state index in [9.17, 15) is 14.4 Å². The van der Waals surface area contributed by atoms with Crippen molar-refractivity contribution in [2.75, 3.05) is 13.2 Å². The van der Waals surface area contributed by atoms with E-state index in [0.29, 0.717) is 19.3 Å². The highest BCUT2D eigenvalue weighted by Crippen LogP contribution is 2.18. The van der Waals surface area contributed by atoms with Crippen LogP contribution in [0.4, 0.5) is 0 Å². The second kappa shape index (κ2) is 58.5. The van der Waals surface area contributed by atoms with E-state index in [4.69, 9.17) is 14.2 Å². The Morgan fingerprint density at radius 3 is 0.826 bits per heavy atom. The van der Waals surface area contributed by atoms with Crippen LogP contribution in [0.1, 0.15) is 342 Å². The van der Waals surface area contributed by atoms with E-state index < -0.39 is 6.10 Å². The van der Waals surface area contributed by atoms with Crippen LogP contribution in [-0.4, -0.2) is 37.2 Å². The third kappa shape index (κ3) is 56.7. The zero-order chi connectivity index (χ0) is 50.0. The van der Waals surface area contributed by atoms with E-state index in [1.165, 1.54) is 225 Å². The lowest BCUT2D eigenvalue weighted by atomic mass is 10.0. The first-order valence-electron chi connectivity index (χ1n) is 30.8. The maximum atomic E-state index is 12.8. The second-order valence-electron chi connectivity index (χ2n) is 21.0. The van der Waals surface area contributed by atoms with Crippen LogP contribution in [0.15, 0.2) is 24.3 Å². The fraction of sp³-hybridized carbons (Fsp3) is 0.889. The van der Waals surface area contributed by atoms with Gasteiger partial charge in [-0.1, -0.05) is 295 Å². The van der Waals surface area contributed by atoms with E-state index in [1.54, 1.807) is 0 Å². The molecule has 0 bridgehead atoms. The Bertz CT molecular complexity index is 1110. The smallest absolute Gasteiger partial charge is 0.306 e. The molecule has 406 valence electrons. The van der Waals surface area contributed by atoms with Crippen LogP contribution in [0.25, 0.3) is 0 Å². The fourth-order valence-corrected chi connectivity index (χ4v) is 9.30. The molecule has 6 heteroatoms. The summed E-state index contributed by atoms with van der Waals surface area (Å²) in [5, 5.41) is 0. The van der Waals surface area contributed by atoms with Gasteiger partial charge in [0.25, 0.3) is 0 Å². The van der Waals surface area contributed by atoms with Crippen LogP contribution in [0.5, 0.6) is 0 Å². The van der Waals surface area contributed by atoms with Crippen molar-refractivity contribution < 1.29 is 28.6 Å². The highest BCUT2D eigenvalue weighted by atomic mass is 16.6. The first-order chi connectivity index (χ1) is 34.0. The van der Waals surface area contributed by atoms with Gasteiger partial charge < -0.3 is 14.2 Å². The molecule has 0 saturated carbocycles. The maximum absolute atomic E-state index is 12.8. The number of ether oxygens (including phenoxy) is 3. The van der Waals surface area contributed by atoms with Crippen molar-refractivity contribution in [1.82, 2.24) is 0 Å². The summed E-state index contributed by atoms with van der Waals surface area (Å²) in [4.78, 5) is 38.1. The summed E-state index contributed by atoms with van der Waals surface area (Å²) >= 11 is 0. The third-order valence-corrected chi connectivity index (χ3v) is 14.0. The molecule has 1 unspecified atom stereocenters. The molecule has 69 heavy (non-hydrogen) atoms. The van der Waals surface area contributed by atoms with Crippen molar-refractivity contribution in [3.05, 3.63) is 24.3 Å². The Morgan fingerprint density at radius 2 is 0.522 bits per heavy atom. The number of hydrogen-bond acceptors (Lipinski definition) is 6. The molecule has 0 aromatic heterocycles. The van der Waals surface area contributed by atoms with Gasteiger partial charge >= 0.3 is 17.9 Å². The molecule has 0 saturated heterocycles. The quantitative estimate of drug-likeness (QED) is 0.0261. The molecule has 0 rings (SSSR count). The van der Waals surface area contributed by atoms with Crippen LogP contribution in [-0.2, 0) is 28.6 Å². The molecule has 0 aromatic rings. The van der Waals surface area contributed by atoms with Gasteiger partial charge in [0.2, 0.25) is 0 Å². The minimum absolute atomic E-state index is 0.0717. The van der Waals surface area contributed by atoms with Crippen molar-refractivity contribution in [2.24, 2.45) is 0 Å². The average Bonchev–Trinajstić information content (AvgIpc) is 3.35. The first-order valence-corrected chi connectivity index (χ1v) is 30.8. The lowest BCUT2D eigenvalue weighted by Crippen LogP contribution is -2.30. The molecule has 1 atom stereocenters. The monoisotopic (exact) mass is 971 g/mol. The van der Waals surface area contributed by atoms with Crippen LogP contribution in [0.2, 0.25) is 0 Å². The predicted octanol–water partition coefficient (Wildman–Crippen LogP) is 20.7. The van der Waals surface area contributed by atoms with Crippen molar-refractivity contribution in [3.63, 3.8) is 0 Å². The molecule has 0 aliphatic rings.